The third-order valence-corrected chi connectivity index (χ3v) is 5.01. The number of halogens is 2. The minimum Gasteiger partial charge on any atom is -0.345 e. The van der Waals surface area contributed by atoms with E-state index in [0.29, 0.717) is 11.1 Å². The second kappa shape index (κ2) is 8.32. The van der Waals surface area contributed by atoms with Gasteiger partial charge >= 0.3 is 0 Å². The summed E-state index contributed by atoms with van der Waals surface area (Å²) in [4.78, 5) is 13.1. The smallest absolute Gasteiger partial charge is 0.253 e. The molecule has 0 saturated heterocycles. The standard InChI is InChI=1S/C18H16ClFN2O3S/c1-22(2)18(23)14-7-5-13(6-8-14)4-3-11-21-26(24,25)15-9-10-17(20)16(19)12-15/h5-10,12,21H,11H2,1-2H3. The van der Waals surface area contributed by atoms with Crippen molar-refractivity contribution in [2.24, 2.45) is 0 Å². The zero-order chi connectivity index (χ0) is 19.3. The normalized spacial score (nSPS) is 10.8. The van der Waals surface area contributed by atoms with Crippen molar-refractivity contribution < 1.29 is 17.6 Å². The van der Waals surface area contributed by atoms with Crippen LogP contribution < -0.4 is 4.72 Å². The summed E-state index contributed by atoms with van der Waals surface area (Å²) in [5, 5.41) is -0.272. The molecule has 26 heavy (non-hydrogen) atoms. The van der Waals surface area contributed by atoms with Crippen molar-refractivity contribution in [1.29, 1.82) is 0 Å². The van der Waals surface area contributed by atoms with Crippen LogP contribution in [0.15, 0.2) is 47.4 Å². The molecule has 1 N–H and O–H groups in total. The minimum absolute atomic E-state index is 0.116. The van der Waals surface area contributed by atoms with E-state index in [1.807, 2.05) is 0 Å². The van der Waals surface area contributed by atoms with E-state index >= 15 is 0 Å². The summed E-state index contributed by atoms with van der Waals surface area (Å²) in [6.07, 6.45) is 0. The Kier molecular flexibility index (Phi) is 6.37. The molecule has 8 heteroatoms. The molecule has 0 aliphatic rings. The number of sulfonamides is 1. The fourth-order valence-electron chi connectivity index (χ4n) is 1.96. The zero-order valence-electron chi connectivity index (χ0n) is 14.1. The first kappa shape index (κ1) is 19.9. The van der Waals surface area contributed by atoms with E-state index in [0.717, 1.165) is 18.2 Å². The Morgan fingerprint density at radius 2 is 1.85 bits per heavy atom. The van der Waals surface area contributed by atoms with Crippen LogP contribution in [-0.4, -0.2) is 39.9 Å². The number of rotatable bonds is 4. The lowest BCUT2D eigenvalue weighted by atomic mass is 10.1. The molecule has 0 radical (unpaired) electrons. The van der Waals surface area contributed by atoms with Crippen LogP contribution >= 0.6 is 11.6 Å². The second-order valence-electron chi connectivity index (χ2n) is 5.48. The predicted molar refractivity (Wildman–Crippen MR) is 97.9 cm³/mol. The summed E-state index contributed by atoms with van der Waals surface area (Å²) in [6.45, 7) is -0.129. The van der Waals surface area contributed by atoms with E-state index in [4.69, 9.17) is 11.6 Å². The molecule has 136 valence electrons. The van der Waals surface area contributed by atoms with Gasteiger partial charge in [0, 0.05) is 25.2 Å². The van der Waals surface area contributed by atoms with E-state index in [1.54, 1.807) is 38.4 Å². The van der Waals surface area contributed by atoms with Gasteiger partial charge in [-0.2, -0.15) is 4.72 Å². The number of nitrogens with one attached hydrogen (secondary N) is 1. The lowest BCUT2D eigenvalue weighted by molar-refractivity contribution is 0.0827. The van der Waals surface area contributed by atoms with Crippen LogP contribution in [0.3, 0.4) is 0 Å². The number of amides is 1. The monoisotopic (exact) mass is 394 g/mol. The highest BCUT2D eigenvalue weighted by Crippen LogP contribution is 2.19. The Hall–Kier alpha value is -2.40. The summed E-state index contributed by atoms with van der Waals surface area (Å²) in [6, 6.07) is 9.80. The third kappa shape index (κ3) is 5.05. The van der Waals surface area contributed by atoms with Crippen molar-refractivity contribution in [3.63, 3.8) is 0 Å². The van der Waals surface area contributed by atoms with Crippen LogP contribution in [0.1, 0.15) is 15.9 Å². The van der Waals surface area contributed by atoms with Crippen LogP contribution in [0, 0.1) is 17.7 Å². The molecule has 2 rings (SSSR count). The van der Waals surface area contributed by atoms with Gasteiger partial charge in [-0.05, 0) is 42.5 Å². The van der Waals surface area contributed by atoms with Gasteiger partial charge in [-0.1, -0.05) is 23.4 Å². The van der Waals surface area contributed by atoms with E-state index in [1.165, 1.54) is 4.90 Å². The largest absolute Gasteiger partial charge is 0.345 e. The van der Waals surface area contributed by atoms with Crippen molar-refractivity contribution >= 4 is 27.5 Å². The number of hydrogen-bond donors (Lipinski definition) is 1. The van der Waals surface area contributed by atoms with Crippen LogP contribution in [0.2, 0.25) is 5.02 Å². The van der Waals surface area contributed by atoms with Gasteiger partial charge in [-0.15, -0.1) is 0 Å². The van der Waals surface area contributed by atoms with Crippen LogP contribution in [-0.2, 0) is 10.0 Å². The lowest BCUT2D eigenvalue weighted by Crippen LogP contribution is -2.24. The van der Waals surface area contributed by atoms with E-state index in [-0.39, 0.29) is 22.4 Å². The molecule has 0 heterocycles. The summed E-state index contributed by atoms with van der Waals surface area (Å²) in [5.74, 6) is 4.67. The van der Waals surface area contributed by atoms with Crippen molar-refractivity contribution in [3.8, 4) is 11.8 Å². The first-order chi connectivity index (χ1) is 12.2. The van der Waals surface area contributed by atoms with Gasteiger partial charge in [0.2, 0.25) is 10.0 Å². The molecule has 0 aliphatic heterocycles. The molecule has 2 aromatic rings. The van der Waals surface area contributed by atoms with Crippen LogP contribution in [0.25, 0.3) is 0 Å². The van der Waals surface area contributed by atoms with Crippen LogP contribution in [0.4, 0.5) is 4.39 Å². The van der Waals surface area contributed by atoms with Gasteiger partial charge < -0.3 is 4.90 Å². The molecule has 0 bridgehead atoms. The molecule has 5 nitrogen and oxygen atoms in total. The van der Waals surface area contributed by atoms with Gasteiger partial charge in [0.15, 0.2) is 0 Å². The highest BCUT2D eigenvalue weighted by atomic mass is 35.5. The Labute approximate surface area is 156 Å². The maximum absolute atomic E-state index is 13.1. The Bertz CT molecular complexity index is 978. The summed E-state index contributed by atoms with van der Waals surface area (Å²) in [7, 11) is -0.509. The molecule has 0 atom stereocenters. The minimum atomic E-state index is -3.84. The number of benzene rings is 2. The number of carbonyl (C=O) groups is 1. The summed E-state index contributed by atoms with van der Waals surface area (Å²) in [5.41, 5.74) is 1.18. The quantitative estimate of drug-likeness (QED) is 0.810. The summed E-state index contributed by atoms with van der Waals surface area (Å²) < 4.78 is 39.6. The highest BCUT2D eigenvalue weighted by Gasteiger charge is 2.14. The molecule has 1 amide bonds. The second-order valence-corrected chi connectivity index (χ2v) is 7.65. The van der Waals surface area contributed by atoms with Gasteiger partial charge in [0.05, 0.1) is 16.5 Å². The number of hydrogen-bond acceptors (Lipinski definition) is 3. The summed E-state index contributed by atoms with van der Waals surface area (Å²) >= 11 is 5.59. The maximum atomic E-state index is 13.1. The topological polar surface area (TPSA) is 66.5 Å². The fourth-order valence-corrected chi connectivity index (χ4v) is 3.15. The average Bonchev–Trinajstić information content (AvgIpc) is 2.60. The van der Waals surface area contributed by atoms with Gasteiger partial charge in [0.1, 0.15) is 5.82 Å². The molecule has 0 aromatic heterocycles. The molecule has 2 aromatic carbocycles. The molecule has 0 spiro atoms. The van der Waals surface area contributed by atoms with E-state index in [2.05, 4.69) is 16.6 Å². The average molecular weight is 395 g/mol. The first-order valence-electron chi connectivity index (χ1n) is 7.46. The first-order valence-corrected chi connectivity index (χ1v) is 9.32. The SMILES string of the molecule is CN(C)C(=O)c1ccc(C#CCNS(=O)(=O)c2ccc(F)c(Cl)c2)cc1. The lowest BCUT2D eigenvalue weighted by Gasteiger charge is -2.09. The van der Waals surface area contributed by atoms with Crippen molar-refractivity contribution in [1.82, 2.24) is 9.62 Å². The molecular formula is C18H16ClFN2O3S. The Balaban J connectivity index is 2.01. The van der Waals surface area contributed by atoms with Gasteiger partial charge in [-0.3, -0.25) is 4.79 Å². The molecular weight excluding hydrogens is 379 g/mol. The molecule has 0 aliphatic carbocycles. The molecule has 0 unspecified atom stereocenters. The van der Waals surface area contributed by atoms with Gasteiger partial charge in [0.25, 0.3) is 5.91 Å². The fraction of sp³-hybridized carbons (Fsp3) is 0.167. The van der Waals surface area contributed by atoms with E-state index in [9.17, 15) is 17.6 Å². The predicted octanol–water partition coefficient (Wildman–Crippen LogP) is 2.51. The van der Waals surface area contributed by atoms with Crippen molar-refractivity contribution in [3.05, 3.63) is 64.4 Å². The molecule has 0 saturated carbocycles. The Morgan fingerprint density at radius 1 is 1.19 bits per heavy atom. The zero-order valence-corrected chi connectivity index (χ0v) is 15.7. The molecule has 0 fully saturated rings. The number of nitrogens with zero attached hydrogens (tertiary/aromatic N) is 1. The Morgan fingerprint density at radius 3 is 2.42 bits per heavy atom. The van der Waals surface area contributed by atoms with Crippen molar-refractivity contribution in [2.75, 3.05) is 20.6 Å². The van der Waals surface area contributed by atoms with Crippen LogP contribution in [0.5, 0.6) is 0 Å². The van der Waals surface area contributed by atoms with E-state index < -0.39 is 15.8 Å². The number of carbonyl (C=O) groups excluding carboxylic acids is 1. The van der Waals surface area contributed by atoms with Gasteiger partial charge in [-0.25, -0.2) is 12.8 Å². The maximum Gasteiger partial charge on any atom is 0.253 e. The third-order valence-electron chi connectivity index (χ3n) is 3.32. The van der Waals surface area contributed by atoms with Crippen molar-refractivity contribution in [2.45, 2.75) is 4.90 Å². The highest BCUT2D eigenvalue weighted by molar-refractivity contribution is 7.89.